The first-order chi connectivity index (χ1) is 12.1. The number of fused-ring (bicyclic) bond motifs is 3. The van der Waals surface area contributed by atoms with Gasteiger partial charge in [-0.2, -0.15) is 0 Å². The summed E-state index contributed by atoms with van der Waals surface area (Å²) >= 11 is 0. The Labute approximate surface area is 148 Å². The van der Waals surface area contributed by atoms with Crippen LogP contribution in [-0.4, -0.2) is 28.8 Å². The minimum absolute atomic E-state index is 0.0872. The maximum absolute atomic E-state index is 13.1. The van der Waals surface area contributed by atoms with Crippen molar-refractivity contribution < 1.29 is 4.79 Å². The molecule has 3 heteroatoms. The molecule has 4 rings (SSSR count). The van der Waals surface area contributed by atoms with Crippen LogP contribution in [0.3, 0.4) is 0 Å². The lowest BCUT2D eigenvalue weighted by Gasteiger charge is -2.27. The number of benzene rings is 2. The highest BCUT2D eigenvalue weighted by molar-refractivity contribution is 6.05. The molecular weight excluding hydrogens is 308 g/mol. The van der Waals surface area contributed by atoms with Crippen LogP contribution in [0.1, 0.15) is 28.0 Å². The van der Waals surface area contributed by atoms with Crippen molar-refractivity contribution in [2.24, 2.45) is 13.0 Å². The average molecular weight is 332 g/mol. The summed E-state index contributed by atoms with van der Waals surface area (Å²) in [6.07, 6.45) is 1.94. The zero-order valence-electron chi connectivity index (χ0n) is 14.9. The molecule has 0 bridgehead atoms. The second-order valence-corrected chi connectivity index (χ2v) is 7.19. The third-order valence-electron chi connectivity index (χ3n) is 5.39. The number of ketones is 1. The number of rotatable bonds is 4. The topological polar surface area (TPSA) is 25.2 Å². The highest BCUT2D eigenvalue weighted by Gasteiger charge is 2.32. The Kier molecular flexibility index (Phi) is 4.18. The van der Waals surface area contributed by atoms with E-state index in [0.717, 1.165) is 31.6 Å². The number of hydrogen-bond donors (Lipinski definition) is 0. The molecule has 3 nitrogen and oxygen atoms in total. The average Bonchev–Trinajstić information content (AvgIpc) is 2.92. The Morgan fingerprint density at radius 2 is 1.80 bits per heavy atom. The van der Waals surface area contributed by atoms with Crippen LogP contribution in [-0.2, 0) is 20.0 Å². The Morgan fingerprint density at radius 3 is 2.60 bits per heavy atom. The number of nitrogens with zero attached hydrogens (tertiary/aromatic N) is 2. The maximum atomic E-state index is 13.1. The van der Waals surface area contributed by atoms with Crippen LogP contribution in [0.2, 0.25) is 0 Å². The van der Waals surface area contributed by atoms with Gasteiger partial charge < -0.3 is 9.47 Å². The van der Waals surface area contributed by atoms with Crippen molar-refractivity contribution in [2.45, 2.75) is 19.4 Å². The maximum Gasteiger partial charge on any atom is 0.183 e. The number of Topliss-reactive ketones (excluding diaryl/α,β-unsaturated/α-hetero) is 1. The molecule has 25 heavy (non-hydrogen) atoms. The lowest BCUT2D eigenvalue weighted by Crippen LogP contribution is -2.34. The van der Waals surface area contributed by atoms with Crippen LogP contribution < -0.4 is 0 Å². The van der Waals surface area contributed by atoms with Gasteiger partial charge in [0.15, 0.2) is 5.78 Å². The van der Waals surface area contributed by atoms with Gasteiger partial charge in [-0.1, -0.05) is 48.5 Å². The molecule has 1 atom stereocenters. The molecule has 0 radical (unpaired) electrons. The summed E-state index contributed by atoms with van der Waals surface area (Å²) in [6, 6.07) is 18.8. The van der Waals surface area contributed by atoms with Gasteiger partial charge in [0.05, 0.1) is 5.69 Å². The summed E-state index contributed by atoms with van der Waals surface area (Å²) in [6.45, 7) is 1.70. The normalized spacial score (nSPS) is 17.2. The number of carbonyl (C=O) groups excluding carboxylic acids is 1. The molecule has 0 aliphatic heterocycles. The van der Waals surface area contributed by atoms with Crippen molar-refractivity contribution in [3.8, 4) is 0 Å². The van der Waals surface area contributed by atoms with Crippen molar-refractivity contribution in [1.29, 1.82) is 0 Å². The highest BCUT2D eigenvalue weighted by atomic mass is 16.1. The molecule has 0 saturated carbocycles. The van der Waals surface area contributed by atoms with Gasteiger partial charge in [-0.05, 0) is 37.1 Å². The lowest BCUT2D eigenvalue weighted by molar-refractivity contribution is 0.0858. The third-order valence-corrected chi connectivity index (χ3v) is 5.39. The number of aryl methyl sites for hydroxylation is 2. The minimum Gasteiger partial charge on any atom is -0.341 e. The number of carbonyl (C=O) groups is 1. The standard InChI is InChI=1S/C22H24N2O/c1-23(14-16-8-4-3-5-9-16)15-17-12-13-19-18-10-6-7-11-20(18)24(2)21(19)22(17)25/h3-11,17H,12-15H2,1-2H3. The van der Waals surface area contributed by atoms with Crippen molar-refractivity contribution in [3.63, 3.8) is 0 Å². The van der Waals surface area contributed by atoms with E-state index in [1.807, 2.05) is 19.2 Å². The van der Waals surface area contributed by atoms with E-state index >= 15 is 0 Å². The van der Waals surface area contributed by atoms with Crippen LogP contribution in [0.4, 0.5) is 0 Å². The molecule has 1 unspecified atom stereocenters. The van der Waals surface area contributed by atoms with Gasteiger partial charge >= 0.3 is 0 Å². The molecule has 0 N–H and O–H groups in total. The third kappa shape index (κ3) is 2.89. The first kappa shape index (κ1) is 16.1. The first-order valence-electron chi connectivity index (χ1n) is 8.98. The van der Waals surface area contributed by atoms with Gasteiger partial charge in [0.25, 0.3) is 0 Å². The summed E-state index contributed by atoms with van der Waals surface area (Å²) in [7, 11) is 4.13. The summed E-state index contributed by atoms with van der Waals surface area (Å²) in [4.78, 5) is 15.4. The van der Waals surface area contributed by atoms with Crippen LogP contribution in [0.5, 0.6) is 0 Å². The molecule has 1 aromatic heterocycles. The fourth-order valence-corrected chi connectivity index (χ4v) is 4.19. The molecule has 0 amide bonds. The molecule has 1 heterocycles. The smallest absolute Gasteiger partial charge is 0.183 e. The van der Waals surface area contributed by atoms with E-state index in [1.54, 1.807) is 0 Å². The first-order valence-corrected chi connectivity index (χ1v) is 8.98. The second kappa shape index (κ2) is 6.49. The molecule has 0 spiro atoms. The SMILES string of the molecule is CN(Cc1ccccc1)CC1CCc2c(n(C)c3ccccc23)C1=O. The predicted molar refractivity (Wildman–Crippen MR) is 102 cm³/mol. The van der Waals surface area contributed by atoms with Crippen LogP contribution in [0.25, 0.3) is 10.9 Å². The van der Waals surface area contributed by atoms with Gasteiger partial charge in [-0.25, -0.2) is 0 Å². The zero-order chi connectivity index (χ0) is 17.4. The molecular formula is C22H24N2O. The summed E-state index contributed by atoms with van der Waals surface area (Å²) in [5, 5.41) is 1.24. The van der Waals surface area contributed by atoms with E-state index in [4.69, 9.17) is 0 Å². The summed E-state index contributed by atoms with van der Waals surface area (Å²) in [5.41, 5.74) is 4.62. The van der Waals surface area contributed by atoms with Crippen molar-refractivity contribution >= 4 is 16.7 Å². The van der Waals surface area contributed by atoms with Crippen LogP contribution >= 0.6 is 0 Å². The van der Waals surface area contributed by atoms with Gasteiger partial charge in [-0.15, -0.1) is 0 Å². The van der Waals surface area contributed by atoms with Gasteiger partial charge in [-0.3, -0.25) is 4.79 Å². The molecule has 3 aromatic rings. The van der Waals surface area contributed by atoms with Crippen LogP contribution in [0, 0.1) is 5.92 Å². The van der Waals surface area contributed by atoms with E-state index in [0.29, 0.717) is 5.78 Å². The molecule has 128 valence electrons. The number of aromatic nitrogens is 1. The van der Waals surface area contributed by atoms with Gasteiger partial charge in [0.2, 0.25) is 0 Å². The minimum atomic E-state index is 0.0872. The Hall–Kier alpha value is -2.39. The van der Waals surface area contributed by atoms with E-state index in [9.17, 15) is 4.79 Å². The largest absolute Gasteiger partial charge is 0.341 e. The molecule has 1 aliphatic rings. The van der Waals surface area contributed by atoms with E-state index in [-0.39, 0.29) is 5.92 Å². The Bertz CT molecular complexity index is 910. The van der Waals surface area contributed by atoms with Crippen molar-refractivity contribution in [3.05, 3.63) is 71.4 Å². The molecule has 1 aliphatic carbocycles. The Morgan fingerprint density at radius 1 is 1.08 bits per heavy atom. The summed E-state index contributed by atoms with van der Waals surface area (Å²) in [5.74, 6) is 0.393. The lowest BCUT2D eigenvalue weighted by atomic mass is 9.85. The number of para-hydroxylation sites is 1. The fraction of sp³-hybridized carbons (Fsp3) is 0.318. The van der Waals surface area contributed by atoms with E-state index in [1.165, 1.54) is 22.0 Å². The molecule has 2 aromatic carbocycles. The molecule has 0 fully saturated rings. The molecule has 0 saturated heterocycles. The van der Waals surface area contributed by atoms with Crippen LogP contribution in [0.15, 0.2) is 54.6 Å². The van der Waals surface area contributed by atoms with Crippen molar-refractivity contribution in [1.82, 2.24) is 9.47 Å². The zero-order valence-corrected chi connectivity index (χ0v) is 14.9. The second-order valence-electron chi connectivity index (χ2n) is 7.19. The number of hydrogen-bond acceptors (Lipinski definition) is 2. The van der Waals surface area contributed by atoms with E-state index < -0.39 is 0 Å². The monoisotopic (exact) mass is 332 g/mol. The predicted octanol–water partition coefficient (Wildman–Crippen LogP) is 4.06. The van der Waals surface area contributed by atoms with Crippen molar-refractivity contribution in [2.75, 3.05) is 13.6 Å². The highest BCUT2D eigenvalue weighted by Crippen LogP contribution is 2.33. The quantitative estimate of drug-likeness (QED) is 0.720. The summed E-state index contributed by atoms with van der Waals surface area (Å²) < 4.78 is 2.09. The van der Waals surface area contributed by atoms with Gasteiger partial charge in [0, 0.05) is 37.0 Å². The fourth-order valence-electron chi connectivity index (χ4n) is 4.19. The Balaban J connectivity index is 1.55. The van der Waals surface area contributed by atoms with E-state index in [2.05, 4.69) is 59.0 Å². The van der Waals surface area contributed by atoms with Gasteiger partial charge in [0.1, 0.15) is 0 Å².